The molecule has 1 aliphatic heterocycles. The molecule has 2 atom stereocenters. The van der Waals surface area contributed by atoms with Crippen LogP contribution in [0.3, 0.4) is 0 Å². The largest absolute Gasteiger partial charge is 0.375 e. The lowest BCUT2D eigenvalue weighted by Crippen LogP contribution is -2.48. The summed E-state index contributed by atoms with van der Waals surface area (Å²) in [5.41, 5.74) is 2.58. The normalized spacial score (nSPS) is 22.9. The van der Waals surface area contributed by atoms with Gasteiger partial charge in [-0.15, -0.1) is 0 Å². The van der Waals surface area contributed by atoms with Crippen molar-refractivity contribution in [3.05, 3.63) is 11.9 Å². The standard InChI is InChI=1S/C13H23N5O2/c1-4-19-8-12-15-11(17-14)5-13(16-12)18-6-10(3)20-7-9(18)2/h5,9-10H,4,6-8,14H2,1-3H3,(H,15,16,17). The van der Waals surface area contributed by atoms with Crippen molar-refractivity contribution >= 4 is 11.6 Å². The van der Waals surface area contributed by atoms with Crippen LogP contribution in [-0.2, 0) is 16.1 Å². The zero-order valence-corrected chi connectivity index (χ0v) is 12.3. The van der Waals surface area contributed by atoms with Crippen LogP contribution in [-0.4, -0.2) is 41.9 Å². The minimum atomic E-state index is 0.186. The Balaban J connectivity index is 2.24. The highest BCUT2D eigenvalue weighted by atomic mass is 16.5. The van der Waals surface area contributed by atoms with Gasteiger partial charge < -0.3 is 19.8 Å². The fourth-order valence-electron chi connectivity index (χ4n) is 2.18. The van der Waals surface area contributed by atoms with Gasteiger partial charge in [-0.25, -0.2) is 15.8 Å². The summed E-state index contributed by atoms with van der Waals surface area (Å²) < 4.78 is 11.0. The van der Waals surface area contributed by atoms with Crippen molar-refractivity contribution in [1.29, 1.82) is 0 Å². The monoisotopic (exact) mass is 281 g/mol. The van der Waals surface area contributed by atoms with Crippen LogP contribution >= 0.6 is 0 Å². The Morgan fingerprint density at radius 2 is 2.30 bits per heavy atom. The number of nitrogens with two attached hydrogens (primary N) is 1. The first kappa shape index (κ1) is 15.0. The van der Waals surface area contributed by atoms with Crippen LogP contribution in [0.2, 0.25) is 0 Å². The highest BCUT2D eigenvalue weighted by Crippen LogP contribution is 2.22. The molecule has 20 heavy (non-hydrogen) atoms. The van der Waals surface area contributed by atoms with Crippen molar-refractivity contribution in [2.24, 2.45) is 5.84 Å². The van der Waals surface area contributed by atoms with Gasteiger partial charge in [0.25, 0.3) is 0 Å². The molecule has 2 rings (SSSR count). The molecule has 1 saturated heterocycles. The molecule has 0 spiro atoms. The highest BCUT2D eigenvalue weighted by molar-refractivity contribution is 5.50. The summed E-state index contributed by atoms with van der Waals surface area (Å²) >= 11 is 0. The Labute approximate surface area is 119 Å². The molecule has 1 fully saturated rings. The number of hydrazine groups is 1. The lowest BCUT2D eigenvalue weighted by atomic mass is 10.2. The van der Waals surface area contributed by atoms with Crippen LogP contribution < -0.4 is 16.2 Å². The maximum Gasteiger partial charge on any atom is 0.158 e. The molecule has 2 unspecified atom stereocenters. The number of morpholine rings is 1. The molecule has 112 valence electrons. The summed E-state index contributed by atoms with van der Waals surface area (Å²) in [4.78, 5) is 11.1. The van der Waals surface area contributed by atoms with Crippen molar-refractivity contribution in [3.63, 3.8) is 0 Å². The van der Waals surface area contributed by atoms with Crippen LogP contribution in [0.15, 0.2) is 6.07 Å². The zero-order valence-electron chi connectivity index (χ0n) is 12.3. The van der Waals surface area contributed by atoms with Gasteiger partial charge in [-0.2, -0.15) is 0 Å². The number of nitrogen functional groups attached to an aromatic ring is 1. The van der Waals surface area contributed by atoms with E-state index in [0.717, 1.165) is 12.4 Å². The van der Waals surface area contributed by atoms with E-state index in [9.17, 15) is 0 Å². The highest BCUT2D eigenvalue weighted by Gasteiger charge is 2.25. The predicted molar refractivity (Wildman–Crippen MR) is 77.4 cm³/mol. The first-order valence-electron chi connectivity index (χ1n) is 6.94. The molecule has 1 aliphatic rings. The van der Waals surface area contributed by atoms with Crippen molar-refractivity contribution in [2.75, 3.05) is 30.1 Å². The summed E-state index contributed by atoms with van der Waals surface area (Å²) in [6.07, 6.45) is 0.186. The molecule has 0 saturated carbocycles. The molecule has 1 aromatic heterocycles. The van der Waals surface area contributed by atoms with Gasteiger partial charge >= 0.3 is 0 Å². The van der Waals surface area contributed by atoms with Crippen LogP contribution in [0, 0.1) is 0 Å². The van der Waals surface area contributed by atoms with E-state index in [1.54, 1.807) is 0 Å². The Kier molecular flexibility index (Phi) is 5.11. The van der Waals surface area contributed by atoms with Gasteiger partial charge in [0.2, 0.25) is 0 Å². The summed E-state index contributed by atoms with van der Waals surface area (Å²) in [5.74, 6) is 7.56. The average molecular weight is 281 g/mol. The second-order valence-corrected chi connectivity index (χ2v) is 4.95. The summed E-state index contributed by atoms with van der Waals surface area (Å²) in [5, 5.41) is 0. The molecule has 7 heteroatoms. The number of aromatic nitrogens is 2. The van der Waals surface area contributed by atoms with E-state index in [0.29, 0.717) is 31.5 Å². The third-order valence-electron chi connectivity index (χ3n) is 3.24. The van der Waals surface area contributed by atoms with E-state index < -0.39 is 0 Å². The van der Waals surface area contributed by atoms with Gasteiger partial charge in [0.1, 0.15) is 18.2 Å². The first-order chi connectivity index (χ1) is 9.63. The molecule has 2 heterocycles. The summed E-state index contributed by atoms with van der Waals surface area (Å²) in [7, 11) is 0. The van der Waals surface area contributed by atoms with Crippen molar-refractivity contribution < 1.29 is 9.47 Å². The number of ether oxygens (including phenoxy) is 2. The van der Waals surface area contributed by atoms with Gasteiger partial charge in [0.15, 0.2) is 5.82 Å². The van der Waals surface area contributed by atoms with Crippen molar-refractivity contribution in [2.45, 2.75) is 39.5 Å². The van der Waals surface area contributed by atoms with E-state index >= 15 is 0 Å². The van der Waals surface area contributed by atoms with Crippen molar-refractivity contribution in [3.8, 4) is 0 Å². The fraction of sp³-hybridized carbons (Fsp3) is 0.692. The average Bonchev–Trinajstić information content (AvgIpc) is 2.47. The van der Waals surface area contributed by atoms with Gasteiger partial charge in [0.05, 0.1) is 18.8 Å². The number of hydrogen-bond donors (Lipinski definition) is 2. The van der Waals surface area contributed by atoms with E-state index in [1.165, 1.54) is 0 Å². The molecule has 0 amide bonds. The Hall–Kier alpha value is -1.44. The molecule has 0 bridgehead atoms. The smallest absolute Gasteiger partial charge is 0.158 e. The predicted octanol–water partition coefficient (Wildman–Crippen LogP) is 0.912. The maximum absolute atomic E-state index is 5.64. The fourth-order valence-corrected chi connectivity index (χ4v) is 2.18. The Morgan fingerprint density at radius 1 is 1.50 bits per heavy atom. The molecule has 0 aromatic carbocycles. The van der Waals surface area contributed by atoms with Crippen LogP contribution in [0.25, 0.3) is 0 Å². The second-order valence-electron chi connectivity index (χ2n) is 4.95. The third-order valence-corrected chi connectivity index (χ3v) is 3.24. The zero-order chi connectivity index (χ0) is 14.5. The maximum atomic E-state index is 5.64. The summed E-state index contributed by atoms with van der Waals surface area (Å²) in [6, 6.07) is 2.12. The quantitative estimate of drug-likeness (QED) is 0.613. The number of hydrogen-bond acceptors (Lipinski definition) is 7. The Morgan fingerprint density at radius 3 is 3.00 bits per heavy atom. The minimum Gasteiger partial charge on any atom is -0.375 e. The number of anilines is 2. The number of rotatable bonds is 5. The topological polar surface area (TPSA) is 85.5 Å². The second kappa shape index (κ2) is 6.83. The number of nitrogens with zero attached hydrogens (tertiary/aromatic N) is 3. The van der Waals surface area contributed by atoms with Gasteiger partial charge in [-0.05, 0) is 20.8 Å². The van der Waals surface area contributed by atoms with Crippen LogP contribution in [0.4, 0.5) is 11.6 Å². The van der Waals surface area contributed by atoms with E-state index in [4.69, 9.17) is 15.3 Å². The van der Waals surface area contributed by atoms with Gasteiger partial charge in [-0.3, -0.25) is 0 Å². The number of nitrogens with one attached hydrogen (secondary N) is 1. The third kappa shape index (κ3) is 3.56. The summed E-state index contributed by atoms with van der Waals surface area (Å²) in [6.45, 7) is 8.62. The molecular weight excluding hydrogens is 258 g/mol. The molecule has 7 nitrogen and oxygen atoms in total. The van der Waals surface area contributed by atoms with Gasteiger partial charge in [0, 0.05) is 19.2 Å². The molecule has 0 radical (unpaired) electrons. The van der Waals surface area contributed by atoms with E-state index in [1.807, 2.05) is 13.0 Å². The minimum absolute atomic E-state index is 0.186. The molecule has 1 aromatic rings. The first-order valence-corrected chi connectivity index (χ1v) is 6.94. The molecule has 0 aliphatic carbocycles. The molecule has 3 N–H and O–H groups in total. The van der Waals surface area contributed by atoms with E-state index in [2.05, 4.69) is 34.1 Å². The lowest BCUT2D eigenvalue weighted by Gasteiger charge is -2.37. The van der Waals surface area contributed by atoms with Crippen LogP contribution in [0.1, 0.15) is 26.6 Å². The lowest BCUT2D eigenvalue weighted by molar-refractivity contribution is 0.0340. The SMILES string of the molecule is CCOCc1nc(NN)cc(N2CC(C)OCC2C)n1. The molecular formula is C13H23N5O2. The van der Waals surface area contributed by atoms with Crippen LogP contribution in [0.5, 0.6) is 0 Å². The van der Waals surface area contributed by atoms with E-state index in [-0.39, 0.29) is 12.1 Å². The van der Waals surface area contributed by atoms with Gasteiger partial charge in [-0.1, -0.05) is 0 Å². The Bertz CT molecular complexity index is 443. The van der Waals surface area contributed by atoms with Crippen molar-refractivity contribution in [1.82, 2.24) is 9.97 Å².